The van der Waals surface area contributed by atoms with Gasteiger partial charge in [0, 0.05) is 19.6 Å². The normalized spacial score (nSPS) is 20.0. The number of benzene rings is 2. The first-order chi connectivity index (χ1) is 13.5. The maximum Gasteiger partial charge on any atom is 0.310 e. The Kier molecular flexibility index (Phi) is 6.49. The molecule has 1 aliphatic rings. The van der Waals surface area contributed by atoms with Crippen LogP contribution in [0.1, 0.15) is 17.5 Å². The van der Waals surface area contributed by atoms with Gasteiger partial charge in [0.25, 0.3) is 0 Å². The standard InChI is InChI=1S/C21H24FNO5/c1-27-20-10-14(11-23-8-7-18(24)17(12-23)21(25)26)5-6-19(20)28-13-15-3-2-4-16(22)9-15/h2-6,9-10,17-18,24H,7-8,11-13H2,1H3,(H,25,26)/t17-,18-/m0/s1. The van der Waals surface area contributed by atoms with E-state index in [2.05, 4.69) is 0 Å². The van der Waals surface area contributed by atoms with Gasteiger partial charge in [0.05, 0.1) is 19.1 Å². The van der Waals surface area contributed by atoms with Crippen LogP contribution >= 0.6 is 0 Å². The van der Waals surface area contributed by atoms with Crippen molar-refractivity contribution in [3.05, 3.63) is 59.4 Å². The summed E-state index contributed by atoms with van der Waals surface area (Å²) in [5, 5.41) is 19.1. The van der Waals surface area contributed by atoms with Crippen LogP contribution in [0.15, 0.2) is 42.5 Å². The second-order valence-electron chi connectivity index (χ2n) is 6.94. The average Bonchev–Trinajstić information content (AvgIpc) is 2.68. The van der Waals surface area contributed by atoms with E-state index >= 15 is 0 Å². The van der Waals surface area contributed by atoms with Crippen molar-refractivity contribution in [1.82, 2.24) is 4.90 Å². The summed E-state index contributed by atoms with van der Waals surface area (Å²) in [6.45, 7) is 1.70. The van der Waals surface area contributed by atoms with Crippen molar-refractivity contribution >= 4 is 5.97 Å². The van der Waals surface area contributed by atoms with E-state index in [4.69, 9.17) is 9.47 Å². The summed E-state index contributed by atoms with van der Waals surface area (Å²) in [6.07, 6.45) is -0.370. The van der Waals surface area contributed by atoms with Crippen LogP contribution in [0.25, 0.3) is 0 Å². The van der Waals surface area contributed by atoms with Crippen LogP contribution in [-0.2, 0) is 17.9 Å². The van der Waals surface area contributed by atoms with Crippen molar-refractivity contribution < 1.29 is 28.9 Å². The fourth-order valence-corrected chi connectivity index (χ4v) is 3.37. The molecular formula is C21H24FNO5. The molecule has 3 rings (SSSR count). The highest BCUT2D eigenvalue weighted by atomic mass is 19.1. The fraction of sp³-hybridized carbons (Fsp3) is 0.381. The molecule has 1 aliphatic heterocycles. The van der Waals surface area contributed by atoms with Gasteiger partial charge in [-0.3, -0.25) is 9.69 Å². The number of carboxylic acids is 1. The summed E-state index contributed by atoms with van der Waals surface area (Å²) < 4.78 is 24.5. The number of aliphatic hydroxyl groups is 1. The van der Waals surface area contributed by atoms with Crippen molar-refractivity contribution in [2.24, 2.45) is 5.92 Å². The quantitative estimate of drug-likeness (QED) is 0.758. The van der Waals surface area contributed by atoms with E-state index in [1.54, 1.807) is 25.3 Å². The lowest BCUT2D eigenvalue weighted by Crippen LogP contribution is -2.46. The Morgan fingerprint density at radius 3 is 2.75 bits per heavy atom. The molecule has 0 bridgehead atoms. The van der Waals surface area contributed by atoms with Crippen LogP contribution in [0.5, 0.6) is 11.5 Å². The number of rotatable bonds is 7. The summed E-state index contributed by atoms with van der Waals surface area (Å²) in [5.74, 6) is -0.955. The number of likely N-dealkylation sites (tertiary alicyclic amines) is 1. The van der Waals surface area contributed by atoms with Crippen LogP contribution in [0.2, 0.25) is 0 Å². The number of aliphatic hydroxyl groups excluding tert-OH is 1. The molecule has 0 aliphatic carbocycles. The van der Waals surface area contributed by atoms with E-state index in [0.29, 0.717) is 37.6 Å². The summed E-state index contributed by atoms with van der Waals surface area (Å²) in [5.41, 5.74) is 1.67. The van der Waals surface area contributed by atoms with Crippen LogP contribution in [-0.4, -0.2) is 47.4 Å². The van der Waals surface area contributed by atoms with Crippen molar-refractivity contribution in [1.29, 1.82) is 0 Å². The second-order valence-corrected chi connectivity index (χ2v) is 6.94. The van der Waals surface area contributed by atoms with Gasteiger partial charge >= 0.3 is 5.97 Å². The van der Waals surface area contributed by atoms with Crippen LogP contribution in [0, 0.1) is 11.7 Å². The van der Waals surface area contributed by atoms with Crippen LogP contribution < -0.4 is 9.47 Å². The van der Waals surface area contributed by atoms with Crippen LogP contribution in [0.4, 0.5) is 4.39 Å². The molecule has 1 saturated heterocycles. The number of nitrogens with zero attached hydrogens (tertiary/aromatic N) is 1. The monoisotopic (exact) mass is 389 g/mol. The number of halogens is 1. The van der Waals surface area contributed by atoms with Gasteiger partial charge in [-0.15, -0.1) is 0 Å². The lowest BCUT2D eigenvalue weighted by molar-refractivity contribution is -0.149. The zero-order valence-electron chi connectivity index (χ0n) is 15.7. The molecule has 2 N–H and O–H groups in total. The van der Waals surface area contributed by atoms with Crippen molar-refractivity contribution in [3.63, 3.8) is 0 Å². The number of piperidine rings is 1. The number of hydrogen-bond donors (Lipinski definition) is 2. The highest BCUT2D eigenvalue weighted by molar-refractivity contribution is 5.71. The molecule has 2 aromatic carbocycles. The zero-order chi connectivity index (χ0) is 20.1. The Morgan fingerprint density at radius 1 is 1.21 bits per heavy atom. The maximum atomic E-state index is 13.3. The third-order valence-electron chi connectivity index (χ3n) is 4.90. The van der Waals surface area contributed by atoms with Gasteiger partial charge in [0.15, 0.2) is 11.5 Å². The number of carboxylic acid groups (broad SMARTS) is 1. The SMILES string of the molecule is COc1cc(CN2CC[C@H](O)[C@@H](C(=O)O)C2)ccc1OCc1cccc(F)c1. The third kappa shape index (κ3) is 4.99. The zero-order valence-corrected chi connectivity index (χ0v) is 15.7. The second kappa shape index (κ2) is 9.03. The molecule has 2 aromatic rings. The van der Waals surface area contributed by atoms with Gasteiger partial charge in [-0.25, -0.2) is 4.39 Å². The molecule has 0 spiro atoms. The van der Waals surface area contributed by atoms with Crippen LogP contribution in [0.3, 0.4) is 0 Å². The molecule has 0 amide bonds. The lowest BCUT2D eigenvalue weighted by atomic mass is 9.94. The van der Waals surface area contributed by atoms with Crippen molar-refractivity contribution in [3.8, 4) is 11.5 Å². The summed E-state index contributed by atoms with van der Waals surface area (Å²) in [7, 11) is 1.55. The van der Waals surface area contributed by atoms with Gasteiger partial charge in [0.2, 0.25) is 0 Å². The molecule has 1 fully saturated rings. The van der Waals surface area contributed by atoms with E-state index in [1.165, 1.54) is 12.1 Å². The first-order valence-corrected chi connectivity index (χ1v) is 9.13. The summed E-state index contributed by atoms with van der Waals surface area (Å²) in [4.78, 5) is 13.3. The van der Waals surface area contributed by atoms with Crippen molar-refractivity contribution in [2.75, 3.05) is 20.2 Å². The Morgan fingerprint density at radius 2 is 2.04 bits per heavy atom. The molecule has 6 nitrogen and oxygen atoms in total. The summed E-state index contributed by atoms with van der Waals surface area (Å²) in [6, 6.07) is 11.8. The summed E-state index contributed by atoms with van der Waals surface area (Å²) >= 11 is 0. The predicted molar refractivity (Wildman–Crippen MR) is 101 cm³/mol. The van der Waals surface area contributed by atoms with E-state index in [-0.39, 0.29) is 12.4 Å². The first kappa shape index (κ1) is 20.1. The number of carbonyl (C=O) groups is 1. The molecule has 1 heterocycles. The number of ether oxygens (including phenoxy) is 2. The van der Waals surface area contributed by atoms with Gasteiger partial charge in [-0.2, -0.15) is 0 Å². The molecule has 0 saturated carbocycles. The number of methoxy groups -OCH3 is 1. The molecule has 0 unspecified atom stereocenters. The Hall–Kier alpha value is -2.64. The highest BCUT2D eigenvalue weighted by Crippen LogP contribution is 2.30. The highest BCUT2D eigenvalue weighted by Gasteiger charge is 2.33. The molecular weight excluding hydrogens is 365 g/mol. The lowest BCUT2D eigenvalue weighted by Gasteiger charge is -2.34. The Labute approximate surface area is 163 Å². The third-order valence-corrected chi connectivity index (χ3v) is 4.90. The minimum Gasteiger partial charge on any atom is -0.493 e. The molecule has 2 atom stereocenters. The maximum absolute atomic E-state index is 13.3. The van der Waals surface area contributed by atoms with E-state index in [9.17, 15) is 19.4 Å². The van der Waals surface area contributed by atoms with E-state index in [0.717, 1.165) is 11.1 Å². The smallest absolute Gasteiger partial charge is 0.310 e. The molecule has 28 heavy (non-hydrogen) atoms. The molecule has 150 valence electrons. The van der Waals surface area contributed by atoms with Crippen molar-refractivity contribution in [2.45, 2.75) is 25.7 Å². The number of hydrogen-bond acceptors (Lipinski definition) is 5. The van der Waals surface area contributed by atoms with Gasteiger partial charge in [-0.1, -0.05) is 18.2 Å². The molecule has 7 heteroatoms. The minimum atomic E-state index is -0.976. The largest absolute Gasteiger partial charge is 0.493 e. The van der Waals surface area contributed by atoms with Gasteiger partial charge < -0.3 is 19.7 Å². The average molecular weight is 389 g/mol. The number of aliphatic carboxylic acids is 1. The fourth-order valence-electron chi connectivity index (χ4n) is 3.37. The Bertz CT molecular complexity index is 828. The first-order valence-electron chi connectivity index (χ1n) is 9.13. The van der Waals surface area contributed by atoms with E-state index in [1.807, 2.05) is 17.0 Å². The van der Waals surface area contributed by atoms with E-state index < -0.39 is 18.0 Å². The molecule has 0 radical (unpaired) electrons. The predicted octanol–water partition coefficient (Wildman–Crippen LogP) is 2.68. The Balaban J connectivity index is 1.65. The minimum absolute atomic E-state index is 0.220. The topological polar surface area (TPSA) is 79.2 Å². The van der Waals surface area contributed by atoms with Gasteiger partial charge in [0.1, 0.15) is 12.4 Å². The molecule has 0 aromatic heterocycles. The van der Waals surface area contributed by atoms with Gasteiger partial charge in [-0.05, 0) is 41.8 Å².